The Morgan fingerprint density at radius 1 is 1.11 bits per heavy atom. The van der Waals surface area contributed by atoms with Crippen LogP contribution in [0.25, 0.3) is 31.8 Å². The van der Waals surface area contributed by atoms with Crippen LogP contribution >= 0.6 is 11.3 Å². The van der Waals surface area contributed by atoms with Gasteiger partial charge in [0.15, 0.2) is 0 Å². The number of hydrogen-bond acceptors (Lipinski definition) is 5. The van der Waals surface area contributed by atoms with E-state index >= 15 is 0 Å². The molecule has 0 spiro atoms. The van der Waals surface area contributed by atoms with Crippen LogP contribution in [-0.2, 0) is 6.42 Å². The second-order valence-electron chi connectivity index (χ2n) is 6.76. The van der Waals surface area contributed by atoms with Crippen LogP contribution in [0, 0.1) is 0 Å². The summed E-state index contributed by atoms with van der Waals surface area (Å²) in [4.78, 5) is 17.0. The van der Waals surface area contributed by atoms with Crippen LogP contribution in [0.5, 0.6) is 5.75 Å². The van der Waals surface area contributed by atoms with Crippen molar-refractivity contribution < 1.29 is 9.52 Å². The molecule has 0 aliphatic rings. The molecule has 0 saturated heterocycles. The molecule has 4 rings (SSSR count). The Morgan fingerprint density at radius 3 is 2.78 bits per heavy atom. The highest BCUT2D eigenvalue weighted by atomic mass is 32.1. The fourth-order valence-corrected chi connectivity index (χ4v) is 4.25. The summed E-state index contributed by atoms with van der Waals surface area (Å²) in [6, 6.07) is 13.1. The molecular weight excluding hydrogens is 358 g/mol. The molecule has 2 aromatic carbocycles. The number of unbranched alkanes of at least 4 members (excludes halogenated alkanes) is 3. The molecule has 5 heteroatoms. The molecule has 0 unspecified atom stereocenters. The molecule has 2 heterocycles. The number of aryl methyl sites for hydroxylation is 1. The first kappa shape index (κ1) is 17.7. The van der Waals surface area contributed by atoms with E-state index in [1.165, 1.54) is 24.2 Å². The molecular formula is C22H21NO3S. The number of thiazole rings is 1. The van der Waals surface area contributed by atoms with Crippen molar-refractivity contribution in [2.75, 3.05) is 0 Å². The Hall–Kier alpha value is -2.66. The minimum absolute atomic E-state index is 0.190. The van der Waals surface area contributed by atoms with Crippen LogP contribution in [0.3, 0.4) is 0 Å². The number of hydrogen-bond donors (Lipinski definition) is 1. The largest absolute Gasteiger partial charge is 0.508 e. The molecule has 0 aliphatic heterocycles. The van der Waals surface area contributed by atoms with Crippen molar-refractivity contribution in [2.45, 2.75) is 39.0 Å². The van der Waals surface area contributed by atoms with Gasteiger partial charge in [0.2, 0.25) is 0 Å². The maximum Gasteiger partial charge on any atom is 0.346 e. The average Bonchev–Trinajstić information content (AvgIpc) is 3.09. The normalized spacial score (nSPS) is 11.4. The molecule has 4 nitrogen and oxygen atoms in total. The lowest BCUT2D eigenvalue weighted by Crippen LogP contribution is -2.02. The van der Waals surface area contributed by atoms with E-state index in [0.29, 0.717) is 16.2 Å². The number of aromatic hydroxyl groups is 1. The number of para-hydroxylation sites is 1. The van der Waals surface area contributed by atoms with Gasteiger partial charge in [0.1, 0.15) is 16.3 Å². The maximum atomic E-state index is 12.5. The minimum Gasteiger partial charge on any atom is -0.508 e. The number of benzene rings is 2. The maximum absolute atomic E-state index is 12.5. The lowest BCUT2D eigenvalue weighted by atomic mass is 10.0. The van der Waals surface area contributed by atoms with Crippen molar-refractivity contribution >= 4 is 32.5 Å². The second-order valence-corrected chi connectivity index (χ2v) is 7.79. The van der Waals surface area contributed by atoms with E-state index in [9.17, 15) is 9.90 Å². The first-order chi connectivity index (χ1) is 13.2. The van der Waals surface area contributed by atoms with E-state index in [1.54, 1.807) is 6.07 Å². The predicted molar refractivity (Wildman–Crippen MR) is 111 cm³/mol. The molecule has 0 saturated carbocycles. The monoisotopic (exact) mass is 379 g/mol. The van der Waals surface area contributed by atoms with Crippen molar-refractivity contribution in [3.05, 3.63) is 58.4 Å². The van der Waals surface area contributed by atoms with Gasteiger partial charge in [0, 0.05) is 11.5 Å². The summed E-state index contributed by atoms with van der Waals surface area (Å²) in [7, 11) is 0. The standard InChI is InChI=1S/C22H21NO3S/c1-2-3-4-5-8-14-11-15-12-16(22(25)26-19(15)13-18(14)24)21-23-17-9-6-7-10-20(17)27-21/h6-7,9-13,24H,2-5,8H2,1H3. The highest BCUT2D eigenvalue weighted by molar-refractivity contribution is 7.21. The van der Waals surface area contributed by atoms with E-state index in [-0.39, 0.29) is 5.75 Å². The molecule has 0 amide bonds. The number of aromatic nitrogens is 1. The third-order valence-corrected chi connectivity index (χ3v) is 5.83. The van der Waals surface area contributed by atoms with E-state index in [1.807, 2.05) is 36.4 Å². The average molecular weight is 379 g/mol. The Kier molecular flexibility index (Phi) is 4.94. The quantitative estimate of drug-likeness (QED) is 0.335. The molecule has 1 N–H and O–H groups in total. The molecule has 0 bridgehead atoms. The number of rotatable bonds is 6. The zero-order valence-corrected chi connectivity index (χ0v) is 16.0. The van der Waals surface area contributed by atoms with Crippen LogP contribution in [0.1, 0.15) is 38.2 Å². The number of phenolic OH excluding ortho intramolecular Hbond substituents is 1. The van der Waals surface area contributed by atoms with Gasteiger partial charge in [0.25, 0.3) is 0 Å². The van der Waals surface area contributed by atoms with Crippen LogP contribution in [-0.4, -0.2) is 10.1 Å². The third-order valence-electron chi connectivity index (χ3n) is 4.76. The molecule has 0 atom stereocenters. The Labute approximate surface area is 161 Å². The zero-order chi connectivity index (χ0) is 18.8. The Balaban J connectivity index is 1.74. The summed E-state index contributed by atoms with van der Waals surface area (Å²) in [5.41, 5.74) is 2.20. The SMILES string of the molecule is CCCCCCc1cc2cc(-c3nc4ccccc4s3)c(=O)oc2cc1O. The molecule has 27 heavy (non-hydrogen) atoms. The first-order valence-electron chi connectivity index (χ1n) is 9.31. The van der Waals surface area contributed by atoms with E-state index in [0.717, 1.165) is 40.4 Å². The van der Waals surface area contributed by atoms with Crippen LogP contribution in [0.15, 0.2) is 51.7 Å². The second kappa shape index (κ2) is 7.53. The van der Waals surface area contributed by atoms with E-state index in [4.69, 9.17) is 4.42 Å². The van der Waals surface area contributed by atoms with Gasteiger partial charge in [-0.15, -0.1) is 11.3 Å². The van der Waals surface area contributed by atoms with Crippen molar-refractivity contribution in [3.63, 3.8) is 0 Å². The van der Waals surface area contributed by atoms with Gasteiger partial charge in [-0.3, -0.25) is 0 Å². The molecule has 0 aliphatic carbocycles. The van der Waals surface area contributed by atoms with Crippen molar-refractivity contribution in [1.29, 1.82) is 0 Å². The Morgan fingerprint density at radius 2 is 1.96 bits per heavy atom. The number of phenols is 1. The summed E-state index contributed by atoms with van der Waals surface area (Å²) in [5, 5.41) is 11.7. The zero-order valence-electron chi connectivity index (χ0n) is 15.2. The van der Waals surface area contributed by atoms with Gasteiger partial charge in [0.05, 0.1) is 15.8 Å². The van der Waals surface area contributed by atoms with Gasteiger partial charge in [-0.05, 0) is 42.7 Å². The van der Waals surface area contributed by atoms with E-state index in [2.05, 4.69) is 11.9 Å². The topological polar surface area (TPSA) is 63.3 Å². The minimum atomic E-state index is -0.434. The summed E-state index contributed by atoms with van der Waals surface area (Å²) in [6.07, 6.45) is 5.38. The van der Waals surface area contributed by atoms with Crippen molar-refractivity contribution in [3.8, 4) is 16.3 Å². The van der Waals surface area contributed by atoms with Crippen LogP contribution in [0.2, 0.25) is 0 Å². The van der Waals surface area contributed by atoms with E-state index < -0.39 is 5.63 Å². The fraction of sp³-hybridized carbons (Fsp3) is 0.273. The molecule has 2 aromatic heterocycles. The van der Waals surface area contributed by atoms with Gasteiger partial charge in [-0.2, -0.15) is 0 Å². The molecule has 4 aromatic rings. The van der Waals surface area contributed by atoms with Crippen LogP contribution < -0.4 is 5.63 Å². The highest BCUT2D eigenvalue weighted by Crippen LogP contribution is 2.32. The van der Waals surface area contributed by atoms with Crippen molar-refractivity contribution in [2.24, 2.45) is 0 Å². The number of fused-ring (bicyclic) bond motifs is 2. The lowest BCUT2D eigenvalue weighted by Gasteiger charge is -2.07. The highest BCUT2D eigenvalue weighted by Gasteiger charge is 2.14. The van der Waals surface area contributed by atoms with Gasteiger partial charge in [-0.1, -0.05) is 38.3 Å². The first-order valence-corrected chi connectivity index (χ1v) is 10.1. The fourth-order valence-electron chi connectivity index (χ4n) is 3.28. The van der Waals surface area contributed by atoms with Gasteiger partial charge >= 0.3 is 5.63 Å². The van der Waals surface area contributed by atoms with Crippen molar-refractivity contribution in [1.82, 2.24) is 4.98 Å². The van der Waals surface area contributed by atoms with Crippen LogP contribution in [0.4, 0.5) is 0 Å². The number of nitrogens with zero attached hydrogens (tertiary/aromatic N) is 1. The lowest BCUT2D eigenvalue weighted by molar-refractivity contribution is 0.464. The summed E-state index contributed by atoms with van der Waals surface area (Å²) >= 11 is 1.48. The Bertz CT molecular complexity index is 1130. The van der Waals surface area contributed by atoms with Gasteiger partial charge in [-0.25, -0.2) is 9.78 Å². The predicted octanol–water partition coefficient (Wildman–Crippen LogP) is 5.90. The third kappa shape index (κ3) is 3.60. The summed E-state index contributed by atoms with van der Waals surface area (Å²) in [5.74, 6) is 0.190. The van der Waals surface area contributed by atoms with Gasteiger partial charge < -0.3 is 9.52 Å². The summed E-state index contributed by atoms with van der Waals surface area (Å²) in [6.45, 7) is 2.18. The summed E-state index contributed by atoms with van der Waals surface area (Å²) < 4.78 is 6.51. The molecule has 138 valence electrons. The molecule has 0 fully saturated rings. The molecule has 0 radical (unpaired) electrons. The smallest absolute Gasteiger partial charge is 0.346 e.